The molecule has 1 fully saturated rings. The van der Waals surface area contributed by atoms with Crippen molar-refractivity contribution in [2.45, 2.75) is 31.9 Å². The number of aromatic amines is 2. The van der Waals surface area contributed by atoms with Crippen LogP contribution in [0, 0.1) is 5.92 Å². The smallest absolute Gasteiger partial charge is 0.357 e. The van der Waals surface area contributed by atoms with Crippen LogP contribution in [-0.2, 0) is 0 Å². The van der Waals surface area contributed by atoms with E-state index in [-0.39, 0.29) is 18.2 Å². The van der Waals surface area contributed by atoms with Gasteiger partial charge in [-0.05, 0) is 24.8 Å². The van der Waals surface area contributed by atoms with Crippen molar-refractivity contribution in [2.75, 3.05) is 13.1 Å². The molecule has 1 aliphatic rings. The van der Waals surface area contributed by atoms with Crippen molar-refractivity contribution in [3.63, 3.8) is 0 Å². The third-order valence-corrected chi connectivity index (χ3v) is 5.56. The first-order valence-corrected chi connectivity index (χ1v) is 9.72. The van der Waals surface area contributed by atoms with Gasteiger partial charge in [-0.25, -0.2) is 9.97 Å². The number of nitrogens with one attached hydrogen (secondary N) is 2. The number of H-pyrrole nitrogens is 2. The van der Waals surface area contributed by atoms with Gasteiger partial charge < -0.3 is 14.9 Å². The summed E-state index contributed by atoms with van der Waals surface area (Å²) in [6.45, 7) is -0.0146. The molecule has 0 bridgehead atoms. The van der Waals surface area contributed by atoms with E-state index in [1.54, 1.807) is 18.5 Å². The van der Waals surface area contributed by atoms with E-state index in [1.807, 2.05) is 0 Å². The number of hydrogen-bond donors (Lipinski definition) is 2. The van der Waals surface area contributed by atoms with Gasteiger partial charge >= 0.3 is 6.18 Å². The van der Waals surface area contributed by atoms with E-state index in [0.717, 1.165) is 19.3 Å². The summed E-state index contributed by atoms with van der Waals surface area (Å²) < 4.78 is 38.2. The fourth-order valence-corrected chi connectivity index (χ4v) is 3.73. The largest absolute Gasteiger partial charge is 0.390 e. The molecule has 154 valence electrons. The first-order chi connectivity index (χ1) is 13.8. The van der Waals surface area contributed by atoms with Crippen molar-refractivity contribution >= 4 is 28.5 Å². The molecule has 0 spiro atoms. The van der Waals surface area contributed by atoms with Gasteiger partial charge in [-0.3, -0.25) is 4.79 Å². The van der Waals surface area contributed by atoms with Crippen molar-refractivity contribution in [1.82, 2.24) is 24.8 Å². The Morgan fingerprint density at radius 2 is 2.03 bits per heavy atom. The maximum absolute atomic E-state index is 12.9. The van der Waals surface area contributed by atoms with Gasteiger partial charge in [-0.1, -0.05) is 18.0 Å². The predicted octanol–water partition coefficient (Wildman–Crippen LogP) is 4.80. The summed E-state index contributed by atoms with van der Waals surface area (Å²) >= 11 is 6.21. The van der Waals surface area contributed by atoms with Crippen LogP contribution in [-0.4, -0.2) is 50.0 Å². The van der Waals surface area contributed by atoms with E-state index in [4.69, 9.17) is 11.6 Å². The second-order valence-corrected chi connectivity index (χ2v) is 7.70. The first-order valence-electron chi connectivity index (χ1n) is 9.34. The average molecular weight is 426 g/mol. The maximum atomic E-state index is 12.9. The van der Waals surface area contributed by atoms with Crippen molar-refractivity contribution < 1.29 is 18.0 Å². The van der Waals surface area contributed by atoms with E-state index >= 15 is 0 Å². The van der Waals surface area contributed by atoms with Crippen LogP contribution in [0.25, 0.3) is 22.3 Å². The Balaban J connectivity index is 1.58. The topological polar surface area (TPSA) is 77.7 Å². The highest BCUT2D eigenvalue weighted by Crippen LogP contribution is 2.32. The molecule has 1 aliphatic carbocycles. The Bertz CT molecular complexity index is 1020. The molecule has 1 amide bonds. The van der Waals surface area contributed by atoms with Crippen LogP contribution >= 0.6 is 11.6 Å². The number of fused-ring (bicyclic) bond motifs is 1. The van der Waals surface area contributed by atoms with Crippen molar-refractivity contribution in [3.8, 4) is 11.3 Å². The molecule has 0 aromatic carbocycles. The first kappa shape index (κ1) is 19.8. The number of amides is 1. The Morgan fingerprint density at radius 1 is 1.24 bits per heavy atom. The second kappa shape index (κ2) is 7.70. The Morgan fingerprint density at radius 3 is 2.72 bits per heavy atom. The Kier molecular flexibility index (Phi) is 5.24. The standard InChI is InChI=1S/C19H19ClF3N5O/c20-13-8-25-17-15(13)16(26-10-27-17)12-6-14(24-7-12)18(29)28(5-4-19(21,22)23)9-11-2-1-3-11/h6-8,10-11,24H,1-5,9H2,(H,25,26,27). The minimum Gasteiger partial charge on any atom is -0.357 e. The summed E-state index contributed by atoms with van der Waals surface area (Å²) in [5.41, 5.74) is 1.94. The summed E-state index contributed by atoms with van der Waals surface area (Å²) in [6, 6.07) is 1.59. The number of alkyl halides is 3. The average Bonchev–Trinajstić information content (AvgIpc) is 3.26. The third-order valence-electron chi connectivity index (χ3n) is 5.26. The zero-order valence-corrected chi connectivity index (χ0v) is 16.1. The second-order valence-electron chi connectivity index (χ2n) is 7.30. The van der Waals surface area contributed by atoms with E-state index in [9.17, 15) is 18.0 Å². The summed E-state index contributed by atoms with van der Waals surface area (Å²) in [7, 11) is 0. The zero-order chi connectivity index (χ0) is 20.6. The quantitative estimate of drug-likeness (QED) is 0.595. The highest BCUT2D eigenvalue weighted by Gasteiger charge is 2.31. The summed E-state index contributed by atoms with van der Waals surface area (Å²) in [4.78, 5) is 28.4. The minimum atomic E-state index is -4.31. The molecular weight excluding hydrogens is 407 g/mol. The SMILES string of the molecule is O=C(c1cc(-c2ncnc3[nH]cc(Cl)c23)c[nH]1)N(CCC(F)(F)F)CC1CCC1. The zero-order valence-electron chi connectivity index (χ0n) is 15.4. The molecule has 29 heavy (non-hydrogen) atoms. The van der Waals surface area contributed by atoms with Crippen LogP contribution in [0.2, 0.25) is 5.02 Å². The number of carbonyl (C=O) groups excluding carboxylic acids is 1. The molecule has 3 heterocycles. The van der Waals surface area contributed by atoms with Crippen molar-refractivity contribution in [2.24, 2.45) is 5.92 Å². The number of aromatic nitrogens is 4. The van der Waals surface area contributed by atoms with Crippen molar-refractivity contribution in [1.29, 1.82) is 0 Å². The van der Waals surface area contributed by atoms with Crippen molar-refractivity contribution in [3.05, 3.63) is 35.5 Å². The molecule has 4 rings (SSSR count). The lowest BCUT2D eigenvalue weighted by molar-refractivity contribution is -0.137. The van der Waals surface area contributed by atoms with Gasteiger partial charge in [0.2, 0.25) is 0 Å². The number of carbonyl (C=O) groups is 1. The third kappa shape index (κ3) is 4.24. The number of halogens is 4. The van der Waals surface area contributed by atoms with E-state index < -0.39 is 18.5 Å². The van der Waals surface area contributed by atoms with Gasteiger partial charge in [0.05, 0.1) is 22.5 Å². The molecule has 0 radical (unpaired) electrons. The van der Waals surface area contributed by atoms with Crippen LogP contribution in [0.1, 0.15) is 36.2 Å². The Labute approximate surface area is 169 Å². The molecule has 3 aromatic heterocycles. The molecule has 3 aromatic rings. The summed E-state index contributed by atoms with van der Waals surface area (Å²) in [5, 5.41) is 1.07. The van der Waals surface area contributed by atoms with Gasteiger partial charge in [0.25, 0.3) is 5.91 Å². The van der Waals surface area contributed by atoms with Gasteiger partial charge in [-0.2, -0.15) is 13.2 Å². The number of hydrogen-bond acceptors (Lipinski definition) is 3. The lowest BCUT2D eigenvalue weighted by atomic mass is 9.85. The molecule has 2 N–H and O–H groups in total. The molecule has 0 aliphatic heterocycles. The lowest BCUT2D eigenvalue weighted by Gasteiger charge is -2.32. The molecular formula is C19H19ClF3N5O. The number of nitrogens with zero attached hydrogens (tertiary/aromatic N) is 3. The molecule has 0 saturated heterocycles. The number of rotatable bonds is 6. The van der Waals surface area contributed by atoms with Gasteiger partial charge in [-0.15, -0.1) is 0 Å². The molecule has 6 nitrogen and oxygen atoms in total. The summed E-state index contributed by atoms with van der Waals surface area (Å²) in [5.74, 6) is -0.181. The predicted molar refractivity (Wildman–Crippen MR) is 103 cm³/mol. The van der Waals surface area contributed by atoms with E-state index in [2.05, 4.69) is 19.9 Å². The van der Waals surface area contributed by atoms with Crippen LogP contribution in [0.3, 0.4) is 0 Å². The molecule has 0 unspecified atom stereocenters. The van der Waals surface area contributed by atoms with Crippen LogP contribution in [0.5, 0.6) is 0 Å². The van der Waals surface area contributed by atoms with Crippen LogP contribution in [0.4, 0.5) is 13.2 Å². The van der Waals surface area contributed by atoms with E-state index in [0.29, 0.717) is 33.9 Å². The fourth-order valence-electron chi connectivity index (χ4n) is 3.49. The maximum Gasteiger partial charge on any atom is 0.390 e. The molecule has 10 heteroatoms. The molecule has 0 atom stereocenters. The van der Waals surface area contributed by atoms with Gasteiger partial charge in [0.1, 0.15) is 17.7 Å². The highest BCUT2D eigenvalue weighted by atomic mass is 35.5. The lowest BCUT2D eigenvalue weighted by Crippen LogP contribution is -2.39. The summed E-state index contributed by atoms with van der Waals surface area (Å²) in [6.07, 6.45) is 2.18. The van der Waals surface area contributed by atoms with Gasteiger partial charge in [0, 0.05) is 31.0 Å². The van der Waals surface area contributed by atoms with Gasteiger partial charge in [0.15, 0.2) is 0 Å². The van der Waals surface area contributed by atoms with E-state index in [1.165, 1.54) is 11.2 Å². The Hall–Kier alpha value is -2.55. The minimum absolute atomic E-state index is 0.222. The molecule has 1 saturated carbocycles. The fraction of sp³-hybridized carbons (Fsp3) is 0.421. The highest BCUT2D eigenvalue weighted by molar-refractivity contribution is 6.36. The van der Waals surface area contributed by atoms with Crippen LogP contribution < -0.4 is 0 Å². The van der Waals surface area contributed by atoms with Crippen LogP contribution in [0.15, 0.2) is 24.8 Å². The monoisotopic (exact) mass is 425 g/mol. The normalized spacial score (nSPS) is 14.9.